The molecule has 0 fully saturated rings. The molecule has 7 heteroatoms. The smallest absolute Gasteiger partial charge is 0.434 e. The minimum atomic E-state index is -4.74. The molecule has 0 saturated heterocycles. The van der Waals surface area contributed by atoms with E-state index in [1.54, 1.807) is 0 Å². The van der Waals surface area contributed by atoms with Crippen LogP contribution in [0.25, 0.3) is 0 Å². The van der Waals surface area contributed by atoms with Crippen LogP contribution in [0.1, 0.15) is 16.1 Å². The van der Waals surface area contributed by atoms with E-state index in [9.17, 15) is 18.0 Å². The van der Waals surface area contributed by atoms with Crippen molar-refractivity contribution in [1.82, 2.24) is 4.98 Å². The van der Waals surface area contributed by atoms with E-state index in [0.717, 1.165) is 12.1 Å². The van der Waals surface area contributed by atoms with Gasteiger partial charge in [0.15, 0.2) is 5.69 Å². The summed E-state index contributed by atoms with van der Waals surface area (Å²) in [4.78, 5) is 13.8. The lowest BCUT2D eigenvalue weighted by Gasteiger charge is -2.10. The van der Waals surface area contributed by atoms with Gasteiger partial charge in [0.1, 0.15) is 0 Å². The van der Waals surface area contributed by atoms with Crippen molar-refractivity contribution in [3.63, 3.8) is 0 Å². The van der Waals surface area contributed by atoms with Crippen LogP contribution in [-0.2, 0) is 6.18 Å². The Labute approximate surface area is 82.9 Å². The first-order valence-corrected chi connectivity index (χ1v) is 3.78. The molecular formula is C8H7F3N2O2. The molecule has 0 atom stereocenters. The summed E-state index contributed by atoms with van der Waals surface area (Å²) in [6, 6.07) is 2.06. The summed E-state index contributed by atoms with van der Waals surface area (Å²) in [5.41, 5.74) is 2.77. The molecule has 0 aliphatic heterocycles. The number of alkyl halides is 3. The Kier molecular flexibility index (Phi) is 2.83. The van der Waals surface area contributed by atoms with Crippen molar-refractivity contribution in [3.05, 3.63) is 23.4 Å². The van der Waals surface area contributed by atoms with E-state index in [0.29, 0.717) is 0 Å². The molecule has 0 radical (unpaired) electrons. The molecule has 1 rings (SSSR count). The van der Waals surface area contributed by atoms with Crippen molar-refractivity contribution in [2.75, 3.05) is 7.11 Å². The fraction of sp³-hybridized carbons (Fsp3) is 0.250. The summed E-state index contributed by atoms with van der Waals surface area (Å²) in [6.45, 7) is 0. The zero-order valence-electron chi connectivity index (χ0n) is 7.63. The number of ether oxygens (including phenoxy) is 1. The molecule has 15 heavy (non-hydrogen) atoms. The Morgan fingerprint density at radius 1 is 1.47 bits per heavy atom. The van der Waals surface area contributed by atoms with Gasteiger partial charge in [0.25, 0.3) is 5.91 Å². The topological polar surface area (TPSA) is 65.2 Å². The molecule has 4 nitrogen and oxygen atoms in total. The van der Waals surface area contributed by atoms with Crippen LogP contribution in [0.2, 0.25) is 0 Å². The minimum absolute atomic E-state index is 0.229. The number of carbonyl (C=O) groups excluding carboxylic acids is 1. The summed E-state index contributed by atoms with van der Waals surface area (Å²) >= 11 is 0. The SMILES string of the molecule is COc1ccc(C(N)=O)c(C(F)(F)F)n1. The van der Waals surface area contributed by atoms with E-state index >= 15 is 0 Å². The average Bonchev–Trinajstić information content (AvgIpc) is 2.15. The Hall–Kier alpha value is -1.79. The molecule has 82 valence electrons. The van der Waals surface area contributed by atoms with Gasteiger partial charge in [-0.05, 0) is 6.07 Å². The van der Waals surface area contributed by atoms with Crippen molar-refractivity contribution >= 4 is 5.91 Å². The number of methoxy groups -OCH3 is 1. The zero-order chi connectivity index (χ0) is 11.6. The van der Waals surface area contributed by atoms with Crippen LogP contribution in [0.15, 0.2) is 12.1 Å². The molecule has 0 saturated carbocycles. The second kappa shape index (κ2) is 3.76. The molecule has 0 aliphatic carbocycles. The number of aromatic nitrogens is 1. The fourth-order valence-corrected chi connectivity index (χ4v) is 0.970. The zero-order valence-corrected chi connectivity index (χ0v) is 7.63. The van der Waals surface area contributed by atoms with Crippen molar-refractivity contribution < 1.29 is 22.7 Å². The van der Waals surface area contributed by atoms with E-state index in [-0.39, 0.29) is 5.88 Å². The molecule has 2 N–H and O–H groups in total. The van der Waals surface area contributed by atoms with Crippen LogP contribution in [0.3, 0.4) is 0 Å². The molecule has 0 spiro atoms. The van der Waals surface area contributed by atoms with Gasteiger partial charge in [-0.2, -0.15) is 13.2 Å². The summed E-state index contributed by atoms with van der Waals surface area (Å²) in [5.74, 6) is -1.41. The maximum absolute atomic E-state index is 12.4. The third-order valence-corrected chi connectivity index (χ3v) is 1.61. The third-order valence-electron chi connectivity index (χ3n) is 1.61. The first-order valence-electron chi connectivity index (χ1n) is 3.78. The van der Waals surface area contributed by atoms with E-state index in [2.05, 4.69) is 9.72 Å². The van der Waals surface area contributed by atoms with Crippen LogP contribution in [0, 0.1) is 0 Å². The Balaban J connectivity index is 3.36. The molecule has 0 bridgehead atoms. The highest BCUT2D eigenvalue weighted by Gasteiger charge is 2.37. The van der Waals surface area contributed by atoms with Gasteiger partial charge in [-0.1, -0.05) is 0 Å². The van der Waals surface area contributed by atoms with Crippen molar-refractivity contribution in [2.24, 2.45) is 5.73 Å². The number of halogens is 3. The summed E-state index contributed by atoms with van der Waals surface area (Å²) in [7, 11) is 1.17. The maximum Gasteiger partial charge on any atom is 0.434 e. The minimum Gasteiger partial charge on any atom is -0.481 e. The molecule has 0 aliphatic rings. The first kappa shape index (κ1) is 11.3. The highest BCUT2D eigenvalue weighted by Crippen LogP contribution is 2.31. The van der Waals surface area contributed by atoms with Gasteiger partial charge in [-0.3, -0.25) is 4.79 Å². The van der Waals surface area contributed by atoms with Crippen molar-refractivity contribution in [3.8, 4) is 5.88 Å². The molecule has 0 unspecified atom stereocenters. The summed E-state index contributed by atoms with van der Waals surface area (Å²) in [5, 5.41) is 0. The Bertz CT molecular complexity index is 390. The van der Waals surface area contributed by atoms with Crippen LogP contribution in [0.4, 0.5) is 13.2 Å². The molecule has 1 amide bonds. The number of pyridine rings is 1. The highest BCUT2D eigenvalue weighted by atomic mass is 19.4. The number of hydrogen-bond acceptors (Lipinski definition) is 3. The van der Waals surface area contributed by atoms with Gasteiger partial charge in [0.2, 0.25) is 5.88 Å². The Morgan fingerprint density at radius 3 is 2.47 bits per heavy atom. The van der Waals surface area contributed by atoms with E-state index in [1.807, 2.05) is 0 Å². The molecule has 1 heterocycles. The molecule has 1 aromatic rings. The first-order chi connectivity index (χ1) is 6.86. The molecular weight excluding hydrogens is 213 g/mol. The number of nitrogens with zero attached hydrogens (tertiary/aromatic N) is 1. The van der Waals surface area contributed by atoms with E-state index in [1.165, 1.54) is 7.11 Å². The summed E-state index contributed by atoms with van der Waals surface area (Å²) in [6.07, 6.45) is -4.74. The van der Waals surface area contributed by atoms with Crippen LogP contribution >= 0.6 is 0 Å². The largest absolute Gasteiger partial charge is 0.481 e. The van der Waals surface area contributed by atoms with Gasteiger partial charge in [-0.25, -0.2) is 4.98 Å². The second-order valence-electron chi connectivity index (χ2n) is 2.61. The quantitative estimate of drug-likeness (QED) is 0.814. The van der Waals surface area contributed by atoms with Crippen molar-refractivity contribution in [1.29, 1.82) is 0 Å². The standard InChI is InChI=1S/C8H7F3N2O2/c1-15-5-3-2-4(7(12)14)6(13-5)8(9,10)11/h2-3H,1H3,(H2,12,14). The van der Waals surface area contributed by atoms with Crippen molar-refractivity contribution in [2.45, 2.75) is 6.18 Å². The van der Waals surface area contributed by atoms with E-state index in [4.69, 9.17) is 5.73 Å². The summed E-state index contributed by atoms with van der Waals surface area (Å²) < 4.78 is 41.7. The van der Waals surface area contributed by atoms with Gasteiger partial charge >= 0.3 is 6.18 Å². The highest BCUT2D eigenvalue weighted by molar-refractivity contribution is 5.94. The number of carbonyl (C=O) groups is 1. The van der Waals surface area contributed by atoms with Gasteiger partial charge in [-0.15, -0.1) is 0 Å². The fourth-order valence-electron chi connectivity index (χ4n) is 0.970. The van der Waals surface area contributed by atoms with Gasteiger partial charge in [0.05, 0.1) is 12.7 Å². The van der Waals surface area contributed by atoms with Gasteiger partial charge in [0, 0.05) is 6.07 Å². The lowest BCUT2D eigenvalue weighted by atomic mass is 10.2. The maximum atomic E-state index is 12.4. The third kappa shape index (κ3) is 2.36. The molecule has 0 aromatic carbocycles. The number of nitrogens with two attached hydrogens (primary N) is 1. The van der Waals surface area contributed by atoms with Gasteiger partial charge < -0.3 is 10.5 Å². The van der Waals surface area contributed by atoms with Crippen LogP contribution in [0.5, 0.6) is 5.88 Å². The molecule has 1 aromatic heterocycles. The second-order valence-corrected chi connectivity index (χ2v) is 2.61. The lowest BCUT2D eigenvalue weighted by Crippen LogP contribution is -2.20. The Morgan fingerprint density at radius 2 is 2.07 bits per heavy atom. The number of rotatable bonds is 2. The lowest BCUT2D eigenvalue weighted by molar-refractivity contribution is -0.141. The normalized spacial score (nSPS) is 11.2. The predicted octanol–water partition coefficient (Wildman–Crippen LogP) is 1.21. The van der Waals surface area contributed by atoms with E-state index < -0.39 is 23.3 Å². The number of hydrogen-bond donors (Lipinski definition) is 1. The number of amides is 1. The van der Waals surface area contributed by atoms with Crippen LogP contribution in [-0.4, -0.2) is 18.0 Å². The number of primary amides is 1. The monoisotopic (exact) mass is 220 g/mol. The predicted molar refractivity (Wildman–Crippen MR) is 44.3 cm³/mol. The average molecular weight is 220 g/mol. The van der Waals surface area contributed by atoms with Crippen LogP contribution < -0.4 is 10.5 Å².